The van der Waals surface area contributed by atoms with Crippen LogP contribution in [0.2, 0.25) is 0 Å². The number of rotatable bonds is 27. The number of alkyl carbamates (subject to hydrolysis) is 1. The molecule has 2 rings (SSSR count). The highest BCUT2D eigenvalue weighted by Gasteiger charge is 2.17. The number of nitrogens with one attached hydrogen (secondary N) is 1. The maximum absolute atomic E-state index is 12.0. The molecule has 0 saturated heterocycles. The molecule has 1 heterocycles. The number of hydrogen-bond acceptors (Lipinski definition) is 7. The molecule has 2 unspecified atom stereocenters. The second-order valence-corrected chi connectivity index (χ2v) is 12.8. The van der Waals surface area contributed by atoms with E-state index >= 15 is 0 Å². The van der Waals surface area contributed by atoms with E-state index in [0.29, 0.717) is 12.3 Å². The summed E-state index contributed by atoms with van der Waals surface area (Å²) in [6.45, 7) is 3.72. The smallest absolute Gasteiger partial charge is 0.407 e. The van der Waals surface area contributed by atoms with Gasteiger partial charge in [0.25, 0.3) is 0 Å². The Morgan fingerprint density at radius 3 is 2.00 bits per heavy atom. The van der Waals surface area contributed by atoms with E-state index in [1.54, 1.807) is 23.5 Å². The van der Waals surface area contributed by atoms with Crippen molar-refractivity contribution in [3.63, 3.8) is 0 Å². The van der Waals surface area contributed by atoms with Gasteiger partial charge < -0.3 is 24.2 Å². The van der Waals surface area contributed by atoms with Gasteiger partial charge in [-0.1, -0.05) is 115 Å². The van der Waals surface area contributed by atoms with Crippen molar-refractivity contribution in [1.82, 2.24) is 5.32 Å². The van der Waals surface area contributed by atoms with Gasteiger partial charge in [0, 0.05) is 19.2 Å². The first-order valence-electron chi connectivity index (χ1n) is 16.3. The van der Waals surface area contributed by atoms with Crippen molar-refractivity contribution in [3.05, 3.63) is 46.9 Å². The SMILES string of the molecule is CCCCCCCCCCCCCCCCCCNC(=O)OCC(COP(O)Oc1ccc(C[n+]2ccsc2)cc1)OC. The Balaban J connectivity index is 1.39. The summed E-state index contributed by atoms with van der Waals surface area (Å²) in [6, 6.07) is 7.51. The normalized spacial score (nSPS) is 12.6. The second kappa shape index (κ2) is 25.5. The maximum atomic E-state index is 12.0. The second-order valence-electron chi connectivity index (χ2n) is 11.2. The minimum Gasteiger partial charge on any atom is -0.447 e. The Kier molecular flexibility index (Phi) is 22.2. The summed E-state index contributed by atoms with van der Waals surface area (Å²) in [6.07, 6.45) is 22.2. The van der Waals surface area contributed by atoms with Gasteiger partial charge >= 0.3 is 14.7 Å². The van der Waals surface area contributed by atoms with Crippen molar-refractivity contribution >= 4 is 26.0 Å². The Morgan fingerprint density at radius 1 is 0.884 bits per heavy atom. The highest BCUT2D eigenvalue weighted by molar-refractivity contribution is 7.41. The van der Waals surface area contributed by atoms with Gasteiger partial charge in [-0.25, -0.2) is 4.79 Å². The zero-order valence-corrected chi connectivity index (χ0v) is 28.3. The summed E-state index contributed by atoms with van der Waals surface area (Å²) in [5.41, 5.74) is 3.18. The van der Waals surface area contributed by atoms with Crippen LogP contribution in [0.15, 0.2) is 41.4 Å². The van der Waals surface area contributed by atoms with Crippen molar-refractivity contribution in [1.29, 1.82) is 0 Å². The highest BCUT2D eigenvalue weighted by Crippen LogP contribution is 2.35. The Labute approximate surface area is 265 Å². The molecule has 1 amide bonds. The number of aromatic nitrogens is 1. The van der Waals surface area contributed by atoms with Crippen LogP contribution < -0.4 is 14.4 Å². The highest BCUT2D eigenvalue weighted by atomic mass is 32.1. The molecule has 2 aromatic rings. The molecule has 0 spiro atoms. The fourth-order valence-corrected chi connectivity index (χ4v) is 6.00. The third kappa shape index (κ3) is 20.0. The first-order valence-corrected chi connectivity index (χ1v) is 18.4. The average molecular weight is 640 g/mol. The average Bonchev–Trinajstić information content (AvgIpc) is 3.53. The molecule has 0 radical (unpaired) electrons. The van der Waals surface area contributed by atoms with Crippen molar-refractivity contribution in [2.75, 3.05) is 26.9 Å². The van der Waals surface area contributed by atoms with E-state index in [1.807, 2.05) is 29.2 Å². The first kappa shape index (κ1) is 37.4. The summed E-state index contributed by atoms with van der Waals surface area (Å²) < 4.78 is 23.6. The third-order valence-electron chi connectivity index (χ3n) is 7.40. The number of thiazole rings is 1. The Bertz CT molecular complexity index is 919. The van der Waals surface area contributed by atoms with E-state index in [-0.39, 0.29) is 13.2 Å². The van der Waals surface area contributed by atoms with Crippen molar-refractivity contribution in [3.8, 4) is 5.75 Å². The Hall–Kier alpha value is -1.77. The monoisotopic (exact) mass is 639 g/mol. The topological polar surface area (TPSA) is 90.1 Å². The number of benzene rings is 1. The lowest BCUT2D eigenvalue weighted by molar-refractivity contribution is -0.683. The van der Waals surface area contributed by atoms with Crippen LogP contribution in [0.25, 0.3) is 0 Å². The zero-order valence-electron chi connectivity index (χ0n) is 26.6. The van der Waals surface area contributed by atoms with Crippen LogP contribution in [-0.4, -0.2) is 44.0 Å². The van der Waals surface area contributed by atoms with Gasteiger partial charge in [-0.2, -0.15) is 4.57 Å². The minimum atomic E-state index is -2.14. The predicted molar refractivity (Wildman–Crippen MR) is 175 cm³/mol. The quantitative estimate of drug-likeness (QED) is 0.0578. The van der Waals surface area contributed by atoms with E-state index < -0.39 is 20.8 Å². The molecule has 2 N–H and O–H groups in total. The number of methoxy groups -OCH3 is 1. The number of carbonyl (C=O) groups excluding carboxylic acids is 1. The molecule has 0 aliphatic heterocycles. The number of ether oxygens (including phenoxy) is 2. The predicted octanol–water partition coefficient (Wildman–Crippen LogP) is 8.70. The summed E-state index contributed by atoms with van der Waals surface area (Å²) in [5.74, 6) is 0.520. The number of unbranched alkanes of at least 4 members (excludes halogenated alkanes) is 15. The van der Waals surface area contributed by atoms with Crippen LogP contribution in [0.1, 0.15) is 115 Å². The summed E-state index contributed by atoms with van der Waals surface area (Å²) >= 11 is 1.65. The lowest BCUT2D eigenvalue weighted by Crippen LogP contribution is -2.31. The lowest BCUT2D eigenvalue weighted by Gasteiger charge is -2.18. The first-order chi connectivity index (χ1) is 21.1. The van der Waals surface area contributed by atoms with Gasteiger partial charge in [0.1, 0.15) is 18.5 Å². The number of amides is 1. The van der Waals surface area contributed by atoms with Crippen LogP contribution in [-0.2, 0) is 20.5 Å². The molecule has 0 aliphatic carbocycles. The van der Waals surface area contributed by atoms with Gasteiger partial charge in [-0.15, -0.1) is 0 Å². The van der Waals surface area contributed by atoms with E-state index in [1.165, 1.54) is 97.0 Å². The Morgan fingerprint density at radius 2 is 1.47 bits per heavy atom. The van der Waals surface area contributed by atoms with E-state index in [4.69, 9.17) is 18.5 Å². The standard InChI is InChI=1S/C33H55N2O6PS/c1-3-4-5-6-7-8-9-10-11-12-13-14-15-16-17-18-23-34-33(36)39-27-32(38-2)28-40-42(37)41-31-21-19-30(20-22-31)26-35-24-25-43-29-35/h19-22,24-25,29,32,37H,3-18,23,26-28H2,1-2H3/p+1. The molecule has 1 aromatic carbocycles. The minimum absolute atomic E-state index is 0.0272. The van der Waals surface area contributed by atoms with Crippen LogP contribution in [0.3, 0.4) is 0 Å². The van der Waals surface area contributed by atoms with Crippen LogP contribution in [0.5, 0.6) is 5.75 Å². The van der Waals surface area contributed by atoms with E-state index in [9.17, 15) is 9.69 Å². The number of nitrogens with zero attached hydrogens (tertiary/aromatic N) is 1. The summed E-state index contributed by atoms with van der Waals surface area (Å²) in [5, 5.41) is 4.83. The summed E-state index contributed by atoms with van der Waals surface area (Å²) in [4.78, 5) is 22.2. The van der Waals surface area contributed by atoms with Crippen molar-refractivity contribution < 1.29 is 32.8 Å². The van der Waals surface area contributed by atoms with Crippen LogP contribution in [0.4, 0.5) is 4.79 Å². The molecule has 244 valence electrons. The lowest BCUT2D eigenvalue weighted by atomic mass is 10.0. The zero-order chi connectivity index (χ0) is 30.8. The largest absolute Gasteiger partial charge is 0.447 e. The molecule has 0 saturated carbocycles. The van der Waals surface area contributed by atoms with Gasteiger partial charge in [0.15, 0.2) is 12.7 Å². The molecule has 43 heavy (non-hydrogen) atoms. The van der Waals surface area contributed by atoms with Crippen molar-refractivity contribution in [2.45, 2.75) is 122 Å². The van der Waals surface area contributed by atoms with Gasteiger partial charge in [0.2, 0.25) is 5.51 Å². The molecular weight excluding hydrogens is 583 g/mol. The molecule has 0 aliphatic rings. The van der Waals surface area contributed by atoms with Gasteiger partial charge in [-0.05, 0) is 30.7 Å². The summed E-state index contributed by atoms with van der Waals surface area (Å²) in [7, 11) is -0.627. The molecular formula is C33H56N2O6PS+. The van der Waals surface area contributed by atoms with Crippen molar-refractivity contribution in [2.24, 2.45) is 0 Å². The molecule has 0 bridgehead atoms. The maximum Gasteiger partial charge on any atom is 0.407 e. The number of carbonyl (C=O) groups is 1. The van der Waals surface area contributed by atoms with Crippen LogP contribution >= 0.6 is 19.9 Å². The molecule has 0 fully saturated rings. The molecule has 2 atom stereocenters. The third-order valence-corrected chi connectivity index (χ3v) is 8.81. The molecule has 1 aromatic heterocycles. The van der Waals surface area contributed by atoms with E-state index in [2.05, 4.69) is 16.8 Å². The number of hydrogen-bond donors (Lipinski definition) is 2. The fourth-order valence-electron chi connectivity index (χ4n) is 4.75. The van der Waals surface area contributed by atoms with Crippen LogP contribution in [0, 0.1) is 0 Å². The van der Waals surface area contributed by atoms with Gasteiger partial charge in [-0.3, -0.25) is 4.52 Å². The molecule has 8 nitrogen and oxygen atoms in total. The van der Waals surface area contributed by atoms with E-state index in [0.717, 1.165) is 24.9 Å². The molecule has 10 heteroatoms. The fraction of sp³-hybridized carbons (Fsp3) is 0.697. The van der Waals surface area contributed by atoms with Gasteiger partial charge in [0.05, 0.1) is 12.0 Å².